The lowest BCUT2D eigenvalue weighted by molar-refractivity contribution is -0.115. The molecule has 2 aromatic rings. The number of carboxylic acids is 1. The van der Waals surface area contributed by atoms with Crippen molar-refractivity contribution in [3.63, 3.8) is 0 Å². The monoisotopic (exact) mass is 390 g/mol. The van der Waals surface area contributed by atoms with E-state index in [0.717, 1.165) is 0 Å². The number of carboxylic acid groups (broad SMARTS) is 1. The molecule has 0 radical (unpaired) electrons. The molecule has 144 valence electrons. The highest BCUT2D eigenvalue weighted by atomic mass is 32.2. The number of sulfonamides is 1. The van der Waals surface area contributed by atoms with Gasteiger partial charge < -0.3 is 10.4 Å². The molecule has 0 aromatic heterocycles. The fraction of sp³-hybridized carbons (Fsp3) is 0.263. The lowest BCUT2D eigenvalue weighted by atomic mass is 10.0. The van der Waals surface area contributed by atoms with E-state index < -0.39 is 16.0 Å². The van der Waals surface area contributed by atoms with Crippen molar-refractivity contribution in [2.75, 3.05) is 15.8 Å². The minimum Gasteiger partial charge on any atom is -0.478 e. The molecule has 0 saturated heterocycles. The maximum absolute atomic E-state index is 12.4. The largest absolute Gasteiger partial charge is 0.478 e. The zero-order valence-corrected chi connectivity index (χ0v) is 16.0. The van der Waals surface area contributed by atoms with E-state index in [-0.39, 0.29) is 23.6 Å². The molecule has 3 N–H and O–H groups in total. The minimum atomic E-state index is -3.44. The van der Waals surface area contributed by atoms with Crippen molar-refractivity contribution in [3.05, 3.63) is 59.2 Å². The first-order chi connectivity index (χ1) is 12.7. The highest BCUT2D eigenvalue weighted by Crippen LogP contribution is 2.24. The summed E-state index contributed by atoms with van der Waals surface area (Å²) in [5.74, 6) is -1.48. The van der Waals surface area contributed by atoms with Crippen LogP contribution in [0.1, 0.15) is 34.8 Å². The Kier molecular flexibility index (Phi) is 6.57. The van der Waals surface area contributed by atoms with Gasteiger partial charge in [-0.15, -0.1) is 0 Å². The summed E-state index contributed by atoms with van der Waals surface area (Å²) >= 11 is 0. The third-order valence-corrected chi connectivity index (χ3v) is 5.42. The Labute approximate surface area is 158 Å². The van der Waals surface area contributed by atoms with Gasteiger partial charge in [0.1, 0.15) is 0 Å². The molecule has 2 aromatic carbocycles. The van der Waals surface area contributed by atoms with Crippen LogP contribution in [-0.4, -0.2) is 31.2 Å². The standard InChI is InChI=1S/C19H22N2O5S/c1-3-11-27(25,26)21-17-10-6-9-16(13(17)2)20-18(22)12-14-7-4-5-8-15(14)19(23)24/h4-10,21H,3,11-12H2,1-2H3,(H,20,22)(H,23,24). The van der Waals surface area contributed by atoms with Gasteiger partial charge in [-0.25, -0.2) is 13.2 Å². The number of benzene rings is 2. The van der Waals surface area contributed by atoms with Crippen LogP contribution in [0.15, 0.2) is 42.5 Å². The van der Waals surface area contributed by atoms with Gasteiger partial charge in [0.25, 0.3) is 0 Å². The molecule has 0 spiro atoms. The summed E-state index contributed by atoms with van der Waals surface area (Å²) in [4.78, 5) is 23.6. The van der Waals surface area contributed by atoms with Gasteiger partial charge in [0, 0.05) is 5.69 Å². The third-order valence-electron chi connectivity index (χ3n) is 3.94. The molecule has 0 bridgehead atoms. The molecule has 27 heavy (non-hydrogen) atoms. The molecule has 0 unspecified atom stereocenters. The Balaban J connectivity index is 2.17. The molecule has 7 nitrogen and oxygen atoms in total. The van der Waals surface area contributed by atoms with Gasteiger partial charge in [-0.2, -0.15) is 0 Å². The van der Waals surface area contributed by atoms with Crippen LogP contribution >= 0.6 is 0 Å². The second-order valence-corrected chi connectivity index (χ2v) is 7.93. The second kappa shape index (κ2) is 8.68. The van der Waals surface area contributed by atoms with Gasteiger partial charge in [-0.1, -0.05) is 31.2 Å². The van der Waals surface area contributed by atoms with E-state index in [0.29, 0.717) is 28.9 Å². The van der Waals surface area contributed by atoms with E-state index in [4.69, 9.17) is 0 Å². The number of aromatic carboxylic acids is 1. The average Bonchev–Trinajstić information content (AvgIpc) is 2.58. The van der Waals surface area contributed by atoms with Crippen LogP contribution in [0.5, 0.6) is 0 Å². The summed E-state index contributed by atoms with van der Waals surface area (Å²) < 4.78 is 26.5. The van der Waals surface area contributed by atoms with E-state index in [2.05, 4.69) is 10.0 Å². The minimum absolute atomic E-state index is 0.00893. The lowest BCUT2D eigenvalue weighted by Gasteiger charge is -2.14. The molecular weight excluding hydrogens is 368 g/mol. The molecule has 0 fully saturated rings. The molecule has 1 amide bonds. The Hall–Kier alpha value is -2.87. The Morgan fingerprint density at radius 1 is 1.04 bits per heavy atom. The number of carbonyl (C=O) groups excluding carboxylic acids is 1. The lowest BCUT2D eigenvalue weighted by Crippen LogP contribution is -2.19. The Bertz CT molecular complexity index is 954. The van der Waals surface area contributed by atoms with Crippen molar-refractivity contribution in [1.82, 2.24) is 0 Å². The summed E-state index contributed by atoms with van der Waals surface area (Å²) in [5, 5.41) is 11.9. The summed E-state index contributed by atoms with van der Waals surface area (Å²) in [5.41, 5.74) is 1.92. The van der Waals surface area contributed by atoms with Gasteiger partial charge in [0.15, 0.2) is 0 Å². The highest BCUT2D eigenvalue weighted by molar-refractivity contribution is 7.92. The fourth-order valence-corrected chi connectivity index (χ4v) is 3.82. The first kappa shape index (κ1) is 20.4. The van der Waals surface area contributed by atoms with Crippen molar-refractivity contribution < 1.29 is 23.1 Å². The van der Waals surface area contributed by atoms with E-state index in [9.17, 15) is 23.1 Å². The summed E-state index contributed by atoms with van der Waals surface area (Å²) in [6.07, 6.45) is 0.390. The number of rotatable bonds is 8. The molecule has 0 saturated carbocycles. The number of carbonyl (C=O) groups is 2. The number of anilines is 2. The molecule has 8 heteroatoms. The van der Waals surface area contributed by atoms with Crippen molar-refractivity contribution >= 4 is 33.3 Å². The van der Waals surface area contributed by atoms with Crippen LogP contribution in [-0.2, 0) is 21.2 Å². The van der Waals surface area contributed by atoms with E-state index in [1.807, 2.05) is 0 Å². The third kappa shape index (κ3) is 5.55. The molecule has 0 aliphatic carbocycles. The van der Waals surface area contributed by atoms with Crippen molar-refractivity contribution in [2.24, 2.45) is 0 Å². The highest BCUT2D eigenvalue weighted by Gasteiger charge is 2.15. The summed E-state index contributed by atoms with van der Waals surface area (Å²) in [6.45, 7) is 3.47. The average molecular weight is 390 g/mol. The van der Waals surface area contributed by atoms with Gasteiger partial charge in [-0.3, -0.25) is 9.52 Å². The summed E-state index contributed by atoms with van der Waals surface area (Å²) in [6, 6.07) is 11.2. The van der Waals surface area contributed by atoms with Crippen LogP contribution < -0.4 is 10.0 Å². The van der Waals surface area contributed by atoms with Crippen LogP contribution in [0.4, 0.5) is 11.4 Å². The van der Waals surface area contributed by atoms with Crippen molar-refractivity contribution in [1.29, 1.82) is 0 Å². The van der Waals surface area contributed by atoms with Crippen LogP contribution in [0.2, 0.25) is 0 Å². The first-order valence-electron chi connectivity index (χ1n) is 8.44. The van der Waals surface area contributed by atoms with E-state index >= 15 is 0 Å². The predicted octanol–water partition coefficient (Wildman–Crippen LogP) is 3.03. The van der Waals surface area contributed by atoms with Gasteiger partial charge in [0.2, 0.25) is 15.9 Å². The zero-order chi connectivity index (χ0) is 20.0. The topological polar surface area (TPSA) is 113 Å². The number of hydrogen-bond donors (Lipinski definition) is 3. The summed E-state index contributed by atoms with van der Waals surface area (Å²) in [7, 11) is -3.44. The molecule has 0 heterocycles. The molecule has 0 atom stereocenters. The van der Waals surface area contributed by atoms with Crippen molar-refractivity contribution in [3.8, 4) is 0 Å². The van der Waals surface area contributed by atoms with Gasteiger partial charge >= 0.3 is 5.97 Å². The SMILES string of the molecule is CCCS(=O)(=O)Nc1cccc(NC(=O)Cc2ccccc2C(=O)O)c1C. The Morgan fingerprint density at radius 3 is 2.37 bits per heavy atom. The number of nitrogens with one attached hydrogen (secondary N) is 2. The predicted molar refractivity (Wildman–Crippen MR) is 105 cm³/mol. The maximum atomic E-state index is 12.4. The van der Waals surface area contributed by atoms with E-state index in [1.54, 1.807) is 50.2 Å². The molecule has 2 rings (SSSR count). The van der Waals surface area contributed by atoms with Crippen LogP contribution in [0, 0.1) is 6.92 Å². The van der Waals surface area contributed by atoms with E-state index in [1.165, 1.54) is 6.07 Å². The normalized spacial score (nSPS) is 11.0. The number of hydrogen-bond acceptors (Lipinski definition) is 4. The Morgan fingerprint density at radius 2 is 1.70 bits per heavy atom. The van der Waals surface area contributed by atoms with Crippen LogP contribution in [0.25, 0.3) is 0 Å². The fourth-order valence-electron chi connectivity index (χ4n) is 2.62. The maximum Gasteiger partial charge on any atom is 0.335 e. The molecular formula is C19H22N2O5S. The molecule has 0 aliphatic heterocycles. The molecule has 0 aliphatic rings. The second-order valence-electron chi connectivity index (χ2n) is 6.09. The quantitative estimate of drug-likeness (QED) is 0.641. The zero-order valence-electron chi connectivity index (χ0n) is 15.2. The van der Waals surface area contributed by atoms with Gasteiger partial charge in [0.05, 0.1) is 23.4 Å². The smallest absolute Gasteiger partial charge is 0.335 e. The van der Waals surface area contributed by atoms with Crippen molar-refractivity contribution in [2.45, 2.75) is 26.7 Å². The number of amides is 1. The van der Waals surface area contributed by atoms with Crippen LogP contribution in [0.3, 0.4) is 0 Å². The first-order valence-corrected chi connectivity index (χ1v) is 10.1. The van der Waals surface area contributed by atoms with Gasteiger partial charge in [-0.05, 0) is 42.7 Å².